The van der Waals surface area contributed by atoms with Gasteiger partial charge < -0.3 is 15.5 Å². The lowest BCUT2D eigenvalue weighted by atomic mass is 10.0. The van der Waals surface area contributed by atoms with Crippen LogP contribution in [0.4, 0.5) is 0 Å². The third kappa shape index (κ3) is 5.41. The number of hydrogen-bond donors (Lipinski definition) is 2. The summed E-state index contributed by atoms with van der Waals surface area (Å²) >= 11 is 0. The smallest absolute Gasteiger partial charge is 0.245 e. The SMILES string of the molecule is CN(Cc1ccccc1)C(=O)[C@H](Cc1ccccc1)NC(=O)[C@@H]1CCCN1. The fraction of sp³-hybridized carbons (Fsp3) is 0.364. The van der Waals surface area contributed by atoms with Crippen molar-refractivity contribution in [2.75, 3.05) is 13.6 Å². The molecule has 2 aromatic carbocycles. The van der Waals surface area contributed by atoms with E-state index in [2.05, 4.69) is 10.6 Å². The van der Waals surface area contributed by atoms with Gasteiger partial charge in [-0.3, -0.25) is 9.59 Å². The third-order valence-corrected chi connectivity index (χ3v) is 4.91. The summed E-state index contributed by atoms with van der Waals surface area (Å²) in [5.74, 6) is -0.163. The van der Waals surface area contributed by atoms with Crippen LogP contribution in [0, 0.1) is 0 Å². The molecule has 2 N–H and O–H groups in total. The largest absolute Gasteiger partial charge is 0.343 e. The van der Waals surface area contributed by atoms with E-state index in [1.54, 1.807) is 11.9 Å². The first kappa shape index (κ1) is 19.1. The molecule has 2 atom stereocenters. The number of nitrogens with one attached hydrogen (secondary N) is 2. The molecular weight excluding hydrogens is 338 g/mol. The minimum Gasteiger partial charge on any atom is -0.343 e. The molecule has 27 heavy (non-hydrogen) atoms. The van der Waals surface area contributed by atoms with Crippen LogP contribution < -0.4 is 10.6 Å². The van der Waals surface area contributed by atoms with Gasteiger partial charge in [0.1, 0.15) is 6.04 Å². The van der Waals surface area contributed by atoms with E-state index in [-0.39, 0.29) is 17.9 Å². The number of benzene rings is 2. The molecule has 0 aliphatic carbocycles. The Balaban J connectivity index is 1.70. The second-order valence-electron chi connectivity index (χ2n) is 7.08. The highest BCUT2D eigenvalue weighted by molar-refractivity contribution is 5.90. The maximum Gasteiger partial charge on any atom is 0.245 e. The molecule has 0 unspecified atom stereocenters. The van der Waals surface area contributed by atoms with Gasteiger partial charge in [0.2, 0.25) is 11.8 Å². The first-order valence-electron chi connectivity index (χ1n) is 9.50. The average molecular weight is 365 g/mol. The molecule has 5 heteroatoms. The number of carbonyl (C=O) groups excluding carboxylic acids is 2. The summed E-state index contributed by atoms with van der Waals surface area (Å²) in [6.07, 6.45) is 2.29. The quantitative estimate of drug-likeness (QED) is 0.790. The molecule has 3 rings (SSSR count). The Labute approximate surface area is 160 Å². The Morgan fingerprint density at radius 1 is 1.07 bits per heavy atom. The summed E-state index contributed by atoms with van der Waals surface area (Å²) in [4.78, 5) is 27.4. The van der Waals surface area contributed by atoms with Crippen LogP contribution >= 0.6 is 0 Å². The van der Waals surface area contributed by atoms with Crippen LogP contribution in [0.5, 0.6) is 0 Å². The molecular formula is C22H27N3O2. The molecule has 0 bridgehead atoms. The van der Waals surface area contributed by atoms with Gasteiger partial charge in [-0.25, -0.2) is 0 Å². The molecule has 0 spiro atoms. The van der Waals surface area contributed by atoms with E-state index in [0.29, 0.717) is 13.0 Å². The lowest BCUT2D eigenvalue weighted by Gasteiger charge is -2.26. The average Bonchev–Trinajstić information content (AvgIpc) is 3.23. The number of hydrogen-bond acceptors (Lipinski definition) is 3. The van der Waals surface area contributed by atoms with Gasteiger partial charge in [-0.15, -0.1) is 0 Å². The third-order valence-electron chi connectivity index (χ3n) is 4.91. The van der Waals surface area contributed by atoms with Crippen molar-refractivity contribution in [3.63, 3.8) is 0 Å². The van der Waals surface area contributed by atoms with Crippen LogP contribution in [0.25, 0.3) is 0 Å². The minimum atomic E-state index is -0.573. The van der Waals surface area contributed by atoms with Crippen LogP contribution in [0.1, 0.15) is 24.0 Å². The Morgan fingerprint density at radius 3 is 2.30 bits per heavy atom. The van der Waals surface area contributed by atoms with E-state index >= 15 is 0 Å². The van der Waals surface area contributed by atoms with Crippen LogP contribution in [-0.2, 0) is 22.6 Å². The second kappa shape index (κ2) is 9.33. The van der Waals surface area contributed by atoms with E-state index in [4.69, 9.17) is 0 Å². The van der Waals surface area contributed by atoms with Crippen molar-refractivity contribution >= 4 is 11.8 Å². The highest BCUT2D eigenvalue weighted by Gasteiger charge is 2.29. The van der Waals surface area contributed by atoms with Crippen molar-refractivity contribution in [2.24, 2.45) is 0 Å². The maximum atomic E-state index is 13.1. The predicted molar refractivity (Wildman–Crippen MR) is 106 cm³/mol. The summed E-state index contributed by atoms with van der Waals surface area (Å²) in [7, 11) is 1.79. The molecule has 5 nitrogen and oxygen atoms in total. The highest BCUT2D eigenvalue weighted by Crippen LogP contribution is 2.11. The number of amides is 2. The molecule has 2 amide bonds. The lowest BCUT2D eigenvalue weighted by molar-refractivity contribution is -0.136. The van der Waals surface area contributed by atoms with Gasteiger partial charge in [-0.05, 0) is 30.5 Å². The summed E-state index contributed by atoms with van der Waals surface area (Å²) in [6.45, 7) is 1.37. The van der Waals surface area contributed by atoms with Crippen molar-refractivity contribution < 1.29 is 9.59 Å². The van der Waals surface area contributed by atoms with Crippen molar-refractivity contribution in [1.82, 2.24) is 15.5 Å². The Bertz CT molecular complexity index is 743. The summed E-state index contributed by atoms with van der Waals surface area (Å²) in [5, 5.41) is 6.18. The van der Waals surface area contributed by atoms with Crippen LogP contribution in [0.2, 0.25) is 0 Å². The van der Waals surface area contributed by atoms with Crippen molar-refractivity contribution in [3.05, 3.63) is 71.8 Å². The van der Waals surface area contributed by atoms with Crippen molar-refractivity contribution in [2.45, 2.75) is 37.9 Å². The van der Waals surface area contributed by atoms with Crippen LogP contribution in [-0.4, -0.2) is 42.4 Å². The van der Waals surface area contributed by atoms with E-state index in [0.717, 1.165) is 30.5 Å². The predicted octanol–water partition coefficient (Wildman–Crippen LogP) is 2.12. The molecule has 0 aromatic heterocycles. The first-order valence-corrected chi connectivity index (χ1v) is 9.50. The Kier molecular flexibility index (Phi) is 6.60. The number of rotatable bonds is 7. The molecule has 142 valence electrons. The van der Waals surface area contributed by atoms with Gasteiger partial charge in [-0.2, -0.15) is 0 Å². The monoisotopic (exact) mass is 365 g/mol. The Morgan fingerprint density at radius 2 is 1.70 bits per heavy atom. The fourth-order valence-corrected chi connectivity index (χ4v) is 3.43. The van der Waals surface area contributed by atoms with Gasteiger partial charge in [0.05, 0.1) is 6.04 Å². The van der Waals surface area contributed by atoms with Gasteiger partial charge in [-0.1, -0.05) is 60.7 Å². The summed E-state index contributed by atoms with van der Waals surface area (Å²) in [6, 6.07) is 18.9. The van der Waals surface area contributed by atoms with Gasteiger partial charge in [0.15, 0.2) is 0 Å². The van der Waals surface area contributed by atoms with Crippen molar-refractivity contribution in [3.8, 4) is 0 Å². The topological polar surface area (TPSA) is 61.4 Å². The zero-order valence-electron chi connectivity index (χ0n) is 15.7. The van der Waals surface area contributed by atoms with Gasteiger partial charge >= 0.3 is 0 Å². The van der Waals surface area contributed by atoms with E-state index in [1.807, 2.05) is 60.7 Å². The molecule has 1 aliphatic rings. The van der Waals surface area contributed by atoms with Crippen LogP contribution in [0.3, 0.4) is 0 Å². The minimum absolute atomic E-state index is 0.0750. The zero-order chi connectivity index (χ0) is 19.1. The molecule has 0 radical (unpaired) electrons. The Hall–Kier alpha value is -2.66. The van der Waals surface area contributed by atoms with Gasteiger partial charge in [0.25, 0.3) is 0 Å². The second-order valence-corrected chi connectivity index (χ2v) is 7.08. The van der Waals surface area contributed by atoms with E-state index in [1.165, 1.54) is 0 Å². The number of carbonyl (C=O) groups is 2. The summed E-state index contributed by atoms with van der Waals surface area (Å²) < 4.78 is 0. The lowest BCUT2D eigenvalue weighted by Crippen LogP contribution is -2.52. The number of likely N-dealkylation sites (N-methyl/N-ethyl adjacent to an activating group) is 1. The highest BCUT2D eigenvalue weighted by atomic mass is 16.2. The maximum absolute atomic E-state index is 13.1. The fourth-order valence-electron chi connectivity index (χ4n) is 3.43. The number of nitrogens with zero attached hydrogens (tertiary/aromatic N) is 1. The molecule has 1 heterocycles. The van der Waals surface area contributed by atoms with Crippen LogP contribution in [0.15, 0.2) is 60.7 Å². The van der Waals surface area contributed by atoms with Crippen molar-refractivity contribution in [1.29, 1.82) is 0 Å². The standard InChI is InChI=1S/C22H27N3O2/c1-25(16-18-11-6-3-7-12-18)22(27)20(15-17-9-4-2-5-10-17)24-21(26)19-13-8-14-23-19/h2-7,9-12,19-20,23H,8,13-16H2,1H3,(H,24,26)/t19-,20-/m0/s1. The molecule has 1 fully saturated rings. The van der Waals surface area contributed by atoms with Gasteiger partial charge in [0, 0.05) is 20.0 Å². The summed E-state index contributed by atoms with van der Waals surface area (Å²) in [5.41, 5.74) is 2.10. The van der Waals surface area contributed by atoms with E-state index < -0.39 is 6.04 Å². The van der Waals surface area contributed by atoms with E-state index in [9.17, 15) is 9.59 Å². The zero-order valence-corrected chi connectivity index (χ0v) is 15.7. The first-order chi connectivity index (χ1) is 13.1. The normalized spacial score (nSPS) is 17.3. The molecule has 0 saturated carbocycles. The molecule has 1 aliphatic heterocycles. The molecule has 1 saturated heterocycles. The molecule has 2 aromatic rings.